The molecule has 3 aromatic carbocycles. The van der Waals surface area contributed by atoms with Gasteiger partial charge in [0, 0.05) is 34.8 Å². The van der Waals surface area contributed by atoms with Crippen LogP contribution in [0.4, 0.5) is 11.4 Å². The molecule has 1 N–H and O–H groups in total. The van der Waals surface area contributed by atoms with Gasteiger partial charge in [-0.25, -0.2) is 0 Å². The zero-order valence-electron chi connectivity index (χ0n) is 15.3. The van der Waals surface area contributed by atoms with Crippen LogP contribution < -0.4 is 0 Å². The summed E-state index contributed by atoms with van der Waals surface area (Å²) in [4.78, 5) is 22.3. The van der Waals surface area contributed by atoms with Crippen LogP contribution in [0.3, 0.4) is 0 Å². The standard InChI is InChI=1S/C21H18N2O5S/c24-21(18-8-4-5-9-20(18)23(27)28)19(14-29-17-6-2-1-3-7-17)15-10-12-16(13-11-15)22(25)26/h1-13,19,21,24H,14H2. The van der Waals surface area contributed by atoms with Gasteiger partial charge < -0.3 is 5.11 Å². The number of benzene rings is 3. The maximum atomic E-state index is 11.4. The average molecular weight is 410 g/mol. The summed E-state index contributed by atoms with van der Waals surface area (Å²) in [5, 5.41) is 33.4. The van der Waals surface area contributed by atoms with E-state index in [-0.39, 0.29) is 16.9 Å². The van der Waals surface area contributed by atoms with Gasteiger partial charge in [0.1, 0.15) is 0 Å². The Kier molecular flexibility index (Phi) is 6.58. The molecule has 0 amide bonds. The summed E-state index contributed by atoms with van der Waals surface area (Å²) in [7, 11) is 0. The molecule has 0 bridgehead atoms. The molecule has 7 nitrogen and oxygen atoms in total. The summed E-state index contributed by atoms with van der Waals surface area (Å²) in [5.74, 6) is -0.0585. The van der Waals surface area contributed by atoms with E-state index < -0.39 is 21.9 Å². The number of nitro benzene ring substituents is 2. The molecule has 29 heavy (non-hydrogen) atoms. The molecular weight excluding hydrogens is 392 g/mol. The molecule has 148 valence electrons. The van der Waals surface area contributed by atoms with E-state index in [1.807, 2.05) is 30.3 Å². The van der Waals surface area contributed by atoms with Gasteiger partial charge in [-0.2, -0.15) is 0 Å². The molecule has 0 aliphatic rings. The van der Waals surface area contributed by atoms with Crippen molar-refractivity contribution in [2.45, 2.75) is 16.9 Å². The molecular formula is C21H18N2O5S. The van der Waals surface area contributed by atoms with Crippen LogP contribution in [0.5, 0.6) is 0 Å². The molecule has 0 spiro atoms. The zero-order chi connectivity index (χ0) is 20.8. The lowest BCUT2D eigenvalue weighted by molar-refractivity contribution is -0.386. The first kappa shape index (κ1) is 20.5. The van der Waals surface area contributed by atoms with Crippen LogP contribution in [0.15, 0.2) is 83.8 Å². The first-order chi connectivity index (χ1) is 14.0. The summed E-state index contributed by atoms with van der Waals surface area (Å²) in [5.41, 5.74) is 0.680. The highest BCUT2D eigenvalue weighted by Gasteiger charge is 2.29. The van der Waals surface area contributed by atoms with Crippen LogP contribution in [-0.4, -0.2) is 20.7 Å². The van der Waals surface area contributed by atoms with E-state index >= 15 is 0 Å². The molecule has 0 heterocycles. The summed E-state index contributed by atoms with van der Waals surface area (Å²) in [6, 6.07) is 21.6. The van der Waals surface area contributed by atoms with Gasteiger partial charge in [-0.3, -0.25) is 20.2 Å². The summed E-state index contributed by atoms with van der Waals surface area (Å²) in [6.45, 7) is 0. The van der Waals surface area contributed by atoms with Crippen molar-refractivity contribution < 1.29 is 15.0 Å². The Morgan fingerprint density at radius 3 is 2.07 bits per heavy atom. The number of hydrogen-bond acceptors (Lipinski definition) is 6. The molecule has 0 saturated heterocycles. The zero-order valence-corrected chi connectivity index (χ0v) is 16.1. The van der Waals surface area contributed by atoms with Crippen molar-refractivity contribution in [2.24, 2.45) is 0 Å². The predicted molar refractivity (Wildman–Crippen MR) is 111 cm³/mol. The fourth-order valence-electron chi connectivity index (χ4n) is 3.04. The van der Waals surface area contributed by atoms with E-state index in [4.69, 9.17) is 0 Å². The number of rotatable bonds is 8. The summed E-state index contributed by atoms with van der Waals surface area (Å²) >= 11 is 1.51. The van der Waals surface area contributed by atoms with Crippen LogP contribution in [-0.2, 0) is 0 Å². The predicted octanol–water partition coefficient (Wildman–Crippen LogP) is 5.11. The monoisotopic (exact) mass is 410 g/mol. The minimum atomic E-state index is -1.14. The van der Waals surface area contributed by atoms with Gasteiger partial charge >= 0.3 is 0 Å². The van der Waals surface area contributed by atoms with E-state index in [0.717, 1.165) is 4.90 Å². The second-order valence-electron chi connectivity index (χ2n) is 6.34. The normalized spacial score (nSPS) is 12.9. The topological polar surface area (TPSA) is 107 Å². The lowest BCUT2D eigenvalue weighted by Gasteiger charge is -2.23. The third-order valence-corrected chi connectivity index (χ3v) is 5.67. The Balaban J connectivity index is 1.95. The third kappa shape index (κ3) is 4.98. The number of aliphatic hydroxyl groups excluding tert-OH is 1. The van der Waals surface area contributed by atoms with Crippen molar-refractivity contribution in [3.63, 3.8) is 0 Å². The molecule has 2 unspecified atom stereocenters. The Morgan fingerprint density at radius 2 is 1.45 bits per heavy atom. The van der Waals surface area contributed by atoms with Crippen molar-refractivity contribution in [2.75, 3.05) is 5.75 Å². The van der Waals surface area contributed by atoms with Gasteiger partial charge in [-0.15, -0.1) is 11.8 Å². The molecule has 8 heteroatoms. The second kappa shape index (κ2) is 9.31. The Bertz CT molecular complexity index is 995. The van der Waals surface area contributed by atoms with E-state index in [1.165, 1.54) is 36.0 Å². The smallest absolute Gasteiger partial charge is 0.275 e. The lowest BCUT2D eigenvalue weighted by atomic mass is 9.89. The van der Waals surface area contributed by atoms with Gasteiger partial charge in [0.15, 0.2) is 0 Å². The number of aliphatic hydroxyl groups is 1. The number of non-ortho nitro benzene ring substituents is 1. The van der Waals surface area contributed by atoms with E-state index in [0.29, 0.717) is 11.3 Å². The highest BCUT2D eigenvalue weighted by Crippen LogP contribution is 2.39. The Labute approximate surface area is 171 Å². The second-order valence-corrected chi connectivity index (χ2v) is 7.43. The van der Waals surface area contributed by atoms with Crippen LogP contribution in [0.1, 0.15) is 23.1 Å². The molecule has 2 atom stereocenters. The van der Waals surface area contributed by atoms with Crippen molar-refractivity contribution in [1.82, 2.24) is 0 Å². The Morgan fingerprint density at radius 1 is 0.828 bits per heavy atom. The fraction of sp³-hybridized carbons (Fsp3) is 0.143. The molecule has 3 rings (SSSR count). The van der Waals surface area contributed by atoms with Crippen molar-refractivity contribution in [3.8, 4) is 0 Å². The molecule has 3 aromatic rings. The molecule has 0 aromatic heterocycles. The molecule has 0 aliphatic heterocycles. The average Bonchev–Trinajstić information content (AvgIpc) is 2.74. The van der Waals surface area contributed by atoms with Crippen molar-refractivity contribution in [1.29, 1.82) is 0 Å². The highest BCUT2D eigenvalue weighted by molar-refractivity contribution is 7.99. The van der Waals surface area contributed by atoms with Gasteiger partial charge in [0.2, 0.25) is 0 Å². The van der Waals surface area contributed by atoms with E-state index in [2.05, 4.69) is 0 Å². The van der Waals surface area contributed by atoms with Gasteiger partial charge in [0.25, 0.3) is 11.4 Å². The minimum absolute atomic E-state index is 0.0524. The number of thioether (sulfide) groups is 1. The molecule has 0 aliphatic carbocycles. The SMILES string of the molecule is O=[N+]([O-])c1ccc(C(CSc2ccccc2)C(O)c2ccccc2[N+](=O)[O-])cc1. The number of nitrogens with zero attached hydrogens (tertiary/aromatic N) is 2. The van der Waals surface area contributed by atoms with Crippen LogP contribution in [0, 0.1) is 20.2 Å². The number of para-hydroxylation sites is 1. The molecule has 0 fully saturated rings. The van der Waals surface area contributed by atoms with E-state index in [1.54, 1.807) is 24.3 Å². The minimum Gasteiger partial charge on any atom is -0.387 e. The molecule has 0 saturated carbocycles. The van der Waals surface area contributed by atoms with Crippen LogP contribution >= 0.6 is 11.8 Å². The lowest BCUT2D eigenvalue weighted by Crippen LogP contribution is -2.15. The first-order valence-electron chi connectivity index (χ1n) is 8.81. The van der Waals surface area contributed by atoms with Crippen molar-refractivity contribution in [3.05, 3.63) is 110 Å². The first-order valence-corrected chi connectivity index (χ1v) is 9.79. The quantitative estimate of drug-likeness (QED) is 0.314. The Hall–Kier alpha value is -3.23. The highest BCUT2D eigenvalue weighted by atomic mass is 32.2. The third-order valence-electron chi connectivity index (χ3n) is 4.54. The maximum absolute atomic E-state index is 11.4. The number of nitro groups is 2. The fourth-order valence-corrected chi connectivity index (χ4v) is 4.13. The van der Waals surface area contributed by atoms with Crippen molar-refractivity contribution >= 4 is 23.1 Å². The number of hydrogen-bond donors (Lipinski definition) is 1. The largest absolute Gasteiger partial charge is 0.387 e. The maximum Gasteiger partial charge on any atom is 0.275 e. The van der Waals surface area contributed by atoms with Gasteiger partial charge in [-0.05, 0) is 23.8 Å². The summed E-state index contributed by atoms with van der Waals surface area (Å²) in [6.07, 6.45) is -1.14. The van der Waals surface area contributed by atoms with E-state index in [9.17, 15) is 25.3 Å². The summed E-state index contributed by atoms with van der Waals surface area (Å²) < 4.78 is 0. The molecule has 0 radical (unpaired) electrons. The van der Waals surface area contributed by atoms with Gasteiger partial charge in [0.05, 0.1) is 21.5 Å². The van der Waals surface area contributed by atoms with Crippen LogP contribution in [0.2, 0.25) is 0 Å². The van der Waals surface area contributed by atoms with Crippen LogP contribution in [0.25, 0.3) is 0 Å². The van der Waals surface area contributed by atoms with Gasteiger partial charge in [-0.1, -0.05) is 42.5 Å².